The minimum Gasteiger partial charge on any atom is -0.379 e. The molecule has 0 N–H and O–H groups in total. The van der Waals surface area contributed by atoms with E-state index in [-0.39, 0.29) is 0 Å². The molecule has 1 unspecified atom stereocenters. The van der Waals surface area contributed by atoms with E-state index in [0.717, 1.165) is 25.9 Å². The Bertz CT molecular complexity index is 128. The molecule has 0 radical (unpaired) electrons. The third kappa shape index (κ3) is 10.4. The van der Waals surface area contributed by atoms with E-state index in [2.05, 4.69) is 20.8 Å². The summed E-state index contributed by atoms with van der Waals surface area (Å²) in [7, 11) is 0. The van der Waals surface area contributed by atoms with Crippen LogP contribution in [-0.2, 0) is 14.2 Å². The van der Waals surface area contributed by atoms with Gasteiger partial charge in [-0.25, -0.2) is 0 Å². The third-order valence-electron chi connectivity index (χ3n) is 2.37. The van der Waals surface area contributed by atoms with Gasteiger partial charge in [0, 0.05) is 6.61 Å². The molecule has 0 aliphatic heterocycles. The molecule has 16 heavy (non-hydrogen) atoms. The number of hydrogen-bond acceptors (Lipinski definition) is 3. The molecule has 98 valence electrons. The van der Waals surface area contributed by atoms with Gasteiger partial charge in [-0.3, -0.25) is 0 Å². The van der Waals surface area contributed by atoms with Gasteiger partial charge in [0.25, 0.3) is 0 Å². The summed E-state index contributed by atoms with van der Waals surface area (Å²) in [6.45, 7) is 10.0. The summed E-state index contributed by atoms with van der Waals surface area (Å²) in [6, 6.07) is 0. The Balaban J connectivity index is 3.12. The molecule has 0 saturated carbocycles. The van der Waals surface area contributed by atoms with E-state index in [1.807, 2.05) is 0 Å². The Hall–Kier alpha value is -0.120. The van der Waals surface area contributed by atoms with E-state index in [1.54, 1.807) is 0 Å². The van der Waals surface area contributed by atoms with Crippen molar-refractivity contribution in [3.63, 3.8) is 0 Å². The van der Waals surface area contributed by atoms with Crippen LogP contribution in [0.1, 0.15) is 46.5 Å². The molecule has 0 amide bonds. The molecule has 0 aliphatic carbocycles. The Morgan fingerprint density at radius 2 is 1.38 bits per heavy atom. The molecule has 1 atom stereocenters. The van der Waals surface area contributed by atoms with Crippen LogP contribution < -0.4 is 0 Å². The lowest BCUT2D eigenvalue weighted by atomic mass is 10.2. The van der Waals surface area contributed by atoms with Crippen LogP contribution in [-0.4, -0.2) is 39.1 Å². The summed E-state index contributed by atoms with van der Waals surface area (Å²) in [4.78, 5) is 0. The van der Waals surface area contributed by atoms with Crippen LogP contribution in [0.4, 0.5) is 0 Å². The Morgan fingerprint density at radius 1 is 0.750 bits per heavy atom. The van der Waals surface area contributed by atoms with Crippen molar-refractivity contribution in [2.75, 3.05) is 33.0 Å². The predicted octanol–water partition coefficient (Wildman–Crippen LogP) is 3.02. The van der Waals surface area contributed by atoms with E-state index in [0.29, 0.717) is 32.5 Å². The lowest BCUT2D eigenvalue weighted by Crippen LogP contribution is -2.16. The van der Waals surface area contributed by atoms with Crippen molar-refractivity contribution < 1.29 is 14.2 Å². The monoisotopic (exact) mass is 232 g/mol. The van der Waals surface area contributed by atoms with Gasteiger partial charge in [0.1, 0.15) is 0 Å². The highest BCUT2D eigenvalue weighted by molar-refractivity contribution is 4.53. The van der Waals surface area contributed by atoms with Crippen LogP contribution in [0.15, 0.2) is 0 Å². The van der Waals surface area contributed by atoms with Crippen molar-refractivity contribution in [2.45, 2.75) is 52.6 Å². The van der Waals surface area contributed by atoms with E-state index in [4.69, 9.17) is 14.2 Å². The topological polar surface area (TPSA) is 27.7 Å². The Labute approximate surface area is 100 Å². The maximum atomic E-state index is 5.69. The first-order valence-electron chi connectivity index (χ1n) is 6.62. The molecule has 0 aromatic rings. The first kappa shape index (κ1) is 15.9. The highest BCUT2D eigenvalue weighted by atomic mass is 16.5. The van der Waals surface area contributed by atoms with Crippen molar-refractivity contribution >= 4 is 0 Å². The molecule has 0 bridgehead atoms. The molecule has 0 fully saturated rings. The van der Waals surface area contributed by atoms with E-state index in [9.17, 15) is 0 Å². The van der Waals surface area contributed by atoms with Gasteiger partial charge in [0.05, 0.1) is 32.5 Å². The normalized spacial score (nSPS) is 12.9. The number of rotatable bonds is 12. The molecular formula is C13H28O3. The highest BCUT2D eigenvalue weighted by Crippen LogP contribution is 2.05. The van der Waals surface area contributed by atoms with Gasteiger partial charge >= 0.3 is 0 Å². The van der Waals surface area contributed by atoms with Crippen molar-refractivity contribution in [3.05, 3.63) is 0 Å². The molecule has 3 nitrogen and oxygen atoms in total. The van der Waals surface area contributed by atoms with Gasteiger partial charge in [-0.05, 0) is 19.3 Å². The summed E-state index contributed by atoms with van der Waals surface area (Å²) in [5.74, 6) is 0. The summed E-state index contributed by atoms with van der Waals surface area (Å²) in [5.41, 5.74) is 0. The molecule has 0 heterocycles. The SMILES string of the molecule is CCCOCCOCCOC(CC)CCC. The zero-order valence-corrected chi connectivity index (χ0v) is 11.2. The molecular weight excluding hydrogens is 204 g/mol. The fourth-order valence-electron chi connectivity index (χ4n) is 1.47. The lowest BCUT2D eigenvalue weighted by Gasteiger charge is -2.15. The van der Waals surface area contributed by atoms with Crippen LogP contribution in [0.3, 0.4) is 0 Å². The maximum Gasteiger partial charge on any atom is 0.0704 e. The highest BCUT2D eigenvalue weighted by Gasteiger charge is 2.03. The van der Waals surface area contributed by atoms with Crippen LogP contribution in [0, 0.1) is 0 Å². The first-order chi connectivity index (χ1) is 7.85. The van der Waals surface area contributed by atoms with Gasteiger partial charge in [0.15, 0.2) is 0 Å². The predicted molar refractivity (Wildman–Crippen MR) is 66.9 cm³/mol. The van der Waals surface area contributed by atoms with Gasteiger partial charge in [0.2, 0.25) is 0 Å². The molecule has 0 saturated heterocycles. The Morgan fingerprint density at radius 3 is 1.94 bits per heavy atom. The second-order valence-corrected chi connectivity index (χ2v) is 3.91. The smallest absolute Gasteiger partial charge is 0.0704 e. The fraction of sp³-hybridized carbons (Fsp3) is 1.00. The van der Waals surface area contributed by atoms with Gasteiger partial charge in [-0.1, -0.05) is 27.2 Å². The molecule has 0 spiro atoms. The zero-order valence-electron chi connectivity index (χ0n) is 11.2. The van der Waals surface area contributed by atoms with Crippen molar-refractivity contribution in [1.29, 1.82) is 0 Å². The summed E-state index contributed by atoms with van der Waals surface area (Å²) in [6.07, 6.45) is 4.90. The van der Waals surface area contributed by atoms with Gasteiger partial charge < -0.3 is 14.2 Å². The standard InChI is InChI=1S/C13H28O3/c1-4-7-13(6-3)16-12-11-15-10-9-14-8-5-2/h13H,4-12H2,1-3H3. The minimum atomic E-state index is 0.407. The quantitative estimate of drug-likeness (QED) is 0.484. The van der Waals surface area contributed by atoms with Crippen LogP contribution in [0.25, 0.3) is 0 Å². The summed E-state index contributed by atoms with van der Waals surface area (Å²) < 4.78 is 16.4. The Kier molecular flexibility index (Phi) is 12.9. The molecule has 0 aromatic heterocycles. The van der Waals surface area contributed by atoms with Crippen molar-refractivity contribution in [3.8, 4) is 0 Å². The van der Waals surface area contributed by atoms with Gasteiger partial charge in [-0.2, -0.15) is 0 Å². The average molecular weight is 232 g/mol. The van der Waals surface area contributed by atoms with Crippen LogP contribution in [0.5, 0.6) is 0 Å². The summed E-state index contributed by atoms with van der Waals surface area (Å²) >= 11 is 0. The minimum absolute atomic E-state index is 0.407. The van der Waals surface area contributed by atoms with Crippen LogP contribution >= 0.6 is 0 Å². The second kappa shape index (κ2) is 12.9. The average Bonchev–Trinajstić information content (AvgIpc) is 2.31. The largest absolute Gasteiger partial charge is 0.379 e. The van der Waals surface area contributed by atoms with E-state index < -0.39 is 0 Å². The van der Waals surface area contributed by atoms with Crippen molar-refractivity contribution in [2.24, 2.45) is 0 Å². The molecule has 0 rings (SSSR count). The molecule has 0 aromatic carbocycles. The van der Waals surface area contributed by atoms with Crippen molar-refractivity contribution in [1.82, 2.24) is 0 Å². The maximum absolute atomic E-state index is 5.69. The van der Waals surface area contributed by atoms with E-state index in [1.165, 1.54) is 6.42 Å². The molecule has 0 aliphatic rings. The fourth-order valence-corrected chi connectivity index (χ4v) is 1.47. The zero-order chi connectivity index (χ0) is 12.1. The first-order valence-corrected chi connectivity index (χ1v) is 6.62. The third-order valence-corrected chi connectivity index (χ3v) is 2.37. The lowest BCUT2D eigenvalue weighted by molar-refractivity contribution is -0.0147. The van der Waals surface area contributed by atoms with Gasteiger partial charge in [-0.15, -0.1) is 0 Å². The van der Waals surface area contributed by atoms with E-state index >= 15 is 0 Å². The number of hydrogen-bond donors (Lipinski definition) is 0. The van der Waals surface area contributed by atoms with Crippen LogP contribution in [0.2, 0.25) is 0 Å². The summed E-state index contributed by atoms with van der Waals surface area (Å²) in [5, 5.41) is 0. The number of ether oxygens (including phenoxy) is 3. The second-order valence-electron chi connectivity index (χ2n) is 3.91. The molecule has 3 heteroatoms.